The SMILES string of the molecule is COC.Cc1ccc2sc3ccc(-c4ccc5sc6ccccc6c5c4)cc3c2c1.Cc1ccccc1.Cc1ccccc1. The number of aryl methyl sites for hydroxylation is 3. The van der Waals surface area contributed by atoms with E-state index in [2.05, 4.69) is 129 Å². The van der Waals surface area contributed by atoms with Crippen LogP contribution in [0.15, 0.2) is 140 Å². The van der Waals surface area contributed by atoms with Gasteiger partial charge in [-0.2, -0.15) is 0 Å². The normalized spacial score (nSPS) is 10.5. The monoisotopic (exact) mass is 610 g/mol. The van der Waals surface area contributed by atoms with Crippen molar-refractivity contribution in [2.75, 3.05) is 14.2 Å². The first-order valence-corrected chi connectivity index (χ1v) is 16.4. The zero-order valence-electron chi connectivity index (χ0n) is 26.0. The molecule has 0 unspecified atom stereocenters. The Hall–Kier alpha value is -4.28. The third-order valence-corrected chi connectivity index (χ3v) is 9.52. The molecule has 0 spiro atoms. The largest absolute Gasteiger partial charge is 0.388 e. The van der Waals surface area contributed by atoms with Crippen LogP contribution in [-0.2, 0) is 4.74 Å². The lowest BCUT2D eigenvalue weighted by molar-refractivity contribution is 0.277. The highest BCUT2D eigenvalue weighted by Crippen LogP contribution is 2.39. The van der Waals surface area contributed by atoms with Gasteiger partial charge in [-0.15, -0.1) is 22.7 Å². The van der Waals surface area contributed by atoms with Crippen LogP contribution in [0, 0.1) is 20.8 Å². The maximum Gasteiger partial charge on any atom is 0.0355 e. The minimum Gasteiger partial charge on any atom is -0.388 e. The summed E-state index contributed by atoms with van der Waals surface area (Å²) in [7, 11) is 3.25. The van der Waals surface area contributed by atoms with Crippen molar-refractivity contribution in [3.05, 3.63) is 156 Å². The molecule has 220 valence electrons. The Morgan fingerprint density at radius 2 is 0.750 bits per heavy atom. The Bertz CT molecular complexity index is 2050. The van der Waals surface area contributed by atoms with Gasteiger partial charge in [0.2, 0.25) is 0 Å². The molecule has 0 radical (unpaired) electrons. The Morgan fingerprint density at radius 1 is 0.364 bits per heavy atom. The van der Waals surface area contributed by atoms with Crippen molar-refractivity contribution >= 4 is 63.0 Å². The van der Waals surface area contributed by atoms with Gasteiger partial charge < -0.3 is 4.74 Å². The third kappa shape index (κ3) is 7.62. The molecule has 2 aromatic heterocycles. The second-order valence-electron chi connectivity index (χ2n) is 10.8. The first kappa shape index (κ1) is 31.2. The first-order valence-electron chi connectivity index (χ1n) is 14.7. The molecule has 0 saturated carbocycles. The molecule has 0 N–H and O–H groups in total. The van der Waals surface area contributed by atoms with Gasteiger partial charge in [-0.3, -0.25) is 0 Å². The van der Waals surface area contributed by atoms with E-state index in [9.17, 15) is 0 Å². The fourth-order valence-electron chi connectivity index (χ4n) is 5.05. The predicted octanol–water partition coefficient (Wildman–Crippen LogP) is 12.7. The highest BCUT2D eigenvalue weighted by molar-refractivity contribution is 7.26. The van der Waals surface area contributed by atoms with Crippen molar-refractivity contribution < 1.29 is 4.74 Å². The Labute approximate surface area is 269 Å². The van der Waals surface area contributed by atoms with E-state index in [1.807, 2.05) is 59.1 Å². The van der Waals surface area contributed by atoms with Gasteiger partial charge in [-0.25, -0.2) is 0 Å². The Balaban J connectivity index is 0.000000185. The van der Waals surface area contributed by atoms with Crippen molar-refractivity contribution in [3.8, 4) is 11.1 Å². The van der Waals surface area contributed by atoms with Crippen LogP contribution in [0.1, 0.15) is 16.7 Å². The molecule has 6 aromatic carbocycles. The molecule has 0 saturated heterocycles. The van der Waals surface area contributed by atoms with Gasteiger partial charge in [0, 0.05) is 54.6 Å². The Kier molecular flexibility index (Phi) is 10.6. The molecule has 8 aromatic rings. The number of methoxy groups -OCH3 is 1. The lowest BCUT2D eigenvalue weighted by Gasteiger charge is -2.04. The van der Waals surface area contributed by atoms with Gasteiger partial charge >= 0.3 is 0 Å². The number of benzene rings is 6. The molecular weight excluding hydrogens is 573 g/mol. The molecule has 44 heavy (non-hydrogen) atoms. The van der Waals surface area contributed by atoms with E-state index >= 15 is 0 Å². The van der Waals surface area contributed by atoms with E-state index in [-0.39, 0.29) is 0 Å². The lowest BCUT2D eigenvalue weighted by atomic mass is 10.0. The van der Waals surface area contributed by atoms with Gasteiger partial charge in [0.15, 0.2) is 0 Å². The smallest absolute Gasteiger partial charge is 0.0355 e. The van der Waals surface area contributed by atoms with E-state index < -0.39 is 0 Å². The van der Waals surface area contributed by atoms with Crippen LogP contribution in [0.25, 0.3) is 51.5 Å². The van der Waals surface area contributed by atoms with Crippen molar-refractivity contribution in [3.63, 3.8) is 0 Å². The minimum absolute atomic E-state index is 1.29. The van der Waals surface area contributed by atoms with Gasteiger partial charge in [0.1, 0.15) is 0 Å². The molecule has 0 aliphatic heterocycles. The number of ether oxygens (including phenoxy) is 1. The van der Waals surface area contributed by atoms with E-state index in [0.29, 0.717) is 0 Å². The minimum atomic E-state index is 1.29. The van der Waals surface area contributed by atoms with Crippen LogP contribution in [0.4, 0.5) is 0 Å². The zero-order chi connectivity index (χ0) is 30.9. The maximum absolute atomic E-state index is 4.25. The van der Waals surface area contributed by atoms with E-state index in [4.69, 9.17) is 0 Å². The summed E-state index contributed by atoms with van der Waals surface area (Å²) in [6, 6.07) is 49.8. The third-order valence-electron chi connectivity index (χ3n) is 7.22. The average Bonchev–Trinajstić information content (AvgIpc) is 3.60. The van der Waals surface area contributed by atoms with E-state index in [0.717, 1.165) is 0 Å². The molecule has 0 atom stereocenters. The number of fused-ring (bicyclic) bond motifs is 6. The van der Waals surface area contributed by atoms with Gasteiger partial charge in [0.25, 0.3) is 0 Å². The summed E-state index contributed by atoms with van der Waals surface area (Å²) in [6.07, 6.45) is 0. The first-order chi connectivity index (χ1) is 21.5. The highest BCUT2D eigenvalue weighted by Gasteiger charge is 2.09. The van der Waals surface area contributed by atoms with Crippen LogP contribution in [0.5, 0.6) is 0 Å². The quantitative estimate of drug-likeness (QED) is 0.180. The van der Waals surface area contributed by atoms with Crippen LogP contribution >= 0.6 is 22.7 Å². The molecule has 3 heteroatoms. The van der Waals surface area contributed by atoms with Crippen LogP contribution in [0.3, 0.4) is 0 Å². The van der Waals surface area contributed by atoms with Crippen LogP contribution in [-0.4, -0.2) is 14.2 Å². The number of hydrogen-bond donors (Lipinski definition) is 0. The van der Waals surface area contributed by atoms with Crippen molar-refractivity contribution in [2.24, 2.45) is 0 Å². The molecule has 8 rings (SSSR count). The number of rotatable bonds is 1. The summed E-state index contributed by atoms with van der Waals surface area (Å²) in [4.78, 5) is 0. The zero-order valence-corrected chi connectivity index (χ0v) is 27.6. The molecule has 0 aliphatic rings. The summed E-state index contributed by atoms with van der Waals surface area (Å²) in [5.74, 6) is 0. The lowest BCUT2D eigenvalue weighted by Crippen LogP contribution is -1.78. The molecule has 0 aliphatic carbocycles. The molecule has 1 nitrogen and oxygen atoms in total. The van der Waals surface area contributed by atoms with Crippen molar-refractivity contribution in [1.82, 2.24) is 0 Å². The molecular formula is C41H38OS2. The summed E-state index contributed by atoms with van der Waals surface area (Å²) < 4.78 is 9.70. The predicted molar refractivity (Wildman–Crippen MR) is 198 cm³/mol. The summed E-state index contributed by atoms with van der Waals surface area (Å²) in [5.41, 5.74) is 6.55. The second-order valence-corrected chi connectivity index (χ2v) is 13.0. The van der Waals surface area contributed by atoms with Crippen LogP contribution < -0.4 is 0 Å². The Morgan fingerprint density at radius 3 is 1.23 bits per heavy atom. The van der Waals surface area contributed by atoms with Crippen LogP contribution in [0.2, 0.25) is 0 Å². The van der Waals surface area contributed by atoms with Gasteiger partial charge in [-0.05, 0) is 74.4 Å². The van der Waals surface area contributed by atoms with E-state index in [1.54, 1.807) is 14.2 Å². The number of hydrogen-bond acceptors (Lipinski definition) is 3. The van der Waals surface area contributed by atoms with Gasteiger partial charge in [0.05, 0.1) is 0 Å². The fourth-order valence-corrected chi connectivity index (χ4v) is 7.20. The van der Waals surface area contributed by atoms with Crippen molar-refractivity contribution in [2.45, 2.75) is 20.8 Å². The summed E-state index contributed by atoms with van der Waals surface area (Å²) in [6.45, 7) is 6.34. The molecule has 0 fully saturated rings. The van der Waals surface area contributed by atoms with Crippen molar-refractivity contribution in [1.29, 1.82) is 0 Å². The summed E-state index contributed by atoms with van der Waals surface area (Å²) in [5, 5.41) is 5.46. The topological polar surface area (TPSA) is 9.23 Å². The highest BCUT2D eigenvalue weighted by atomic mass is 32.1. The second kappa shape index (κ2) is 14.9. The summed E-state index contributed by atoms with van der Waals surface area (Å²) >= 11 is 3.76. The number of thiophene rings is 2. The average molecular weight is 611 g/mol. The maximum atomic E-state index is 4.25. The van der Waals surface area contributed by atoms with E-state index in [1.165, 1.54) is 68.2 Å². The standard InChI is InChI=1S/C25H16S2.2C7H8.C2H6O/c1-15-6-9-23-19(12-15)21-14-17(8-11-25(21)27-23)16-7-10-24-20(13-16)18-4-2-3-5-22(18)26-24;2*1-7-5-3-2-4-6-7;1-3-2/h2-14H,1H3;2*2-6H,1H3;1-2H3. The molecule has 0 amide bonds. The molecule has 2 heterocycles. The molecule has 0 bridgehead atoms. The fraction of sp³-hybridized carbons (Fsp3) is 0.122. The van der Waals surface area contributed by atoms with Gasteiger partial charge in [-0.1, -0.05) is 114 Å².